The summed E-state index contributed by atoms with van der Waals surface area (Å²) in [7, 11) is 0. The van der Waals surface area contributed by atoms with Crippen molar-refractivity contribution in [1.82, 2.24) is 5.16 Å². The fourth-order valence-electron chi connectivity index (χ4n) is 2.78. The van der Waals surface area contributed by atoms with Crippen LogP contribution in [0, 0.1) is 6.92 Å². The van der Waals surface area contributed by atoms with Gasteiger partial charge in [0.2, 0.25) is 5.91 Å². The number of carbonyl (C=O) groups excluding carboxylic acids is 1. The lowest BCUT2D eigenvalue weighted by Gasteiger charge is -2.28. The van der Waals surface area contributed by atoms with Gasteiger partial charge in [-0.25, -0.2) is 0 Å². The molecule has 0 spiro atoms. The SMILES string of the molecule is Cc1cc(CC(=O)Nc2ccc(N3CCCCC3)cc2)no1. The van der Waals surface area contributed by atoms with Gasteiger partial charge in [0.15, 0.2) is 0 Å². The molecule has 0 atom stereocenters. The van der Waals surface area contributed by atoms with Crippen LogP contribution in [-0.2, 0) is 11.2 Å². The highest BCUT2D eigenvalue weighted by Crippen LogP contribution is 2.21. The Hall–Kier alpha value is -2.30. The summed E-state index contributed by atoms with van der Waals surface area (Å²) in [6.07, 6.45) is 4.07. The molecule has 1 amide bonds. The molecule has 0 aliphatic carbocycles. The summed E-state index contributed by atoms with van der Waals surface area (Å²) in [5.74, 6) is 0.632. The Labute approximate surface area is 130 Å². The van der Waals surface area contributed by atoms with Gasteiger partial charge in [0, 0.05) is 30.5 Å². The van der Waals surface area contributed by atoms with E-state index in [0.29, 0.717) is 11.5 Å². The highest BCUT2D eigenvalue weighted by Gasteiger charge is 2.11. The lowest BCUT2D eigenvalue weighted by atomic mass is 10.1. The van der Waals surface area contributed by atoms with Crippen molar-refractivity contribution in [2.24, 2.45) is 0 Å². The standard InChI is InChI=1S/C17H21N3O2/c1-13-11-15(19-22-13)12-17(21)18-14-5-7-16(8-6-14)20-9-3-2-4-10-20/h5-8,11H,2-4,9-10,12H2,1H3,(H,18,21). The third-order valence-corrected chi connectivity index (χ3v) is 3.89. The average molecular weight is 299 g/mol. The molecule has 1 N–H and O–H groups in total. The lowest BCUT2D eigenvalue weighted by Crippen LogP contribution is -2.29. The van der Waals surface area contributed by atoms with Crippen molar-refractivity contribution >= 4 is 17.3 Å². The number of nitrogens with one attached hydrogen (secondary N) is 1. The number of hydrogen-bond donors (Lipinski definition) is 1. The van der Waals surface area contributed by atoms with E-state index >= 15 is 0 Å². The maximum absolute atomic E-state index is 12.0. The van der Waals surface area contributed by atoms with Crippen LogP contribution in [0.5, 0.6) is 0 Å². The number of aromatic nitrogens is 1. The predicted molar refractivity (Wildman–Crippen MR) is 86.1 cm³/mol. The molecule has 2 heterocycles. The maximum Gasteiger partial charge on any atom is 0.230 e. The highest BCUT2D eigenvalue weighted by molar-refractivity contribution is 5.92. The first kappa shape index (κ1) is 14.6. The van der Waals surface area contributed by atoms with Gasteiger partial charge >= 0.3 is 0 Å². The summed E-state index contributed by atoms with van der Waals surface area (Å²) in [6, 6.07) is 9.83. The maximum atomic E-state index is 12.0. The number of anilines is 2. The van der Waals surface area contributed by atoms with E-state index in [-0.39, 0.29) is 12.3 Å². The summed E-state index contributed by atoms with van der Waals surface area (Å²) < 4.78 is 4.96. The molecule has 0 saturated carbocycles. The molecule has 5 heteroatoms. The van der Waals surface area contributed by atoms with Gasteiger partial charge in [-0.2, -0.15) is 0 Å². The van der Waals surface area contributed by atoms with Crippen LogP contribution >= 0.6 is 0 Å². The van der Waals surface area contributed by atoms with E-state index < -0.39 is 0 Å². The van der Waals surface area contributed by atoms with Gasteiger partial charge in [-0.1, -0.05) is 5.16 Å². The average Bonchev–Trinajstić information content (AvgIpc) is 2.94. The van der Waals surface area contributed by atoms with Crippen molar-refractivity contribution in [3.8, 4) is 0 Å². The fraction of sp³-hybridized carbons (Fsp3) is 0.412. The van der Waals surface area contributed by atoms with Gasteiger partial charge in [-0.05, 0) is 50.5 Å². The van der Waals surface area contributed by atoms with Crippen molar-refractivity contribution < 1.29 is 9.32 Å². The van der Waals surface area contributed by atoms with Crippen LogP contribution in [0.25, 0.3) is 0 Å². The van der Waals surface area contributed by atoms with Crippen LogP contribution in [0.2, 0.25) is 0 Å². The van der Waals surface area contributed by atoms with E-state index in [1.165, 1.54) is 24.9 Å². The first-order valence-electron chi connectivity index (χ1n) is 7.78. The van der Waals surface area contributed by atoms with Crippen molar-refractivity contribution in [2.75, 3.05) is 23.3 Å². The molecule has 1 aliphatic rings. The largest absolute Gasteiger partial charge is 0.372 e. The molecule has 1 aliphatic heterocycles. The molecule has 0 radical (unpaired) electrons. The molecule has 1 saturated heterocycles. The Morgan fingerprint density at radius 2 is 1.95 bits per heavy atom. The first-order valence-corrected chi connectivity index (χ1v) is 7.78. The van der Waals surface area contributed by atoms with Crippen molar-refractivity contribution in [2.45, 2.75) is 32.6 Å². The minimum absolute atomic E-state index is 0.0842. The molecule has 2 aromatic rings. The summed E-state index contributed by atoms with van der Waals surface area (Å²) in [6.45, 7) is 4.06. The molecule has 0 unspecified atom stereocenters. The third kappa shape index (κ3) is 3.67. The van der Waals surface area contributed by atoms with E-state index in [1.54, 1.807) is 6.07 Å². The minimum Gasteiger partial charge on any atom is -0.372 e. The molecule has 22 heavy (non-hydrogen) atoms. The zero-order valence-electron chi connectivity index (χ0n) is 12.8. The van der Waals surface area contributed by atoms with Crippen LogP contribution in [0.3, 0.4) is 0 Å². The van der Waals surface area contributed by atoms with Crippen LogP contribution in [0.4, 0.5) is 11.4 Å². The second-order valence-corrected chi connectivity index (χ2v) is 5.75. The second kappa shape index (κ2) is 6.64. The summed E-state index contributed by atoms with van der Waals surface area (Å²) >= 11 is 0. The number of benzene rings is 1. The van der Waals surface area contributed by atoms with E-state index in [1.807, 2.05) is 19.1 Å². The summed E-state index contributed by atoms with van der Waals surface area (Å²) in [5.41, 5.74) is 2.69. The fourth-order valence-corrected chi connectivity index (χ4v) is 2.78. The minimum atomic E-state index is -0.0842. The molecule has 0 bridgehead atoms. The number of hydrogen-bond acceptors (Lipinski definition) is 4. The summed E-state index contributed by atoms with van der Waals surface area (Å²) in [4.78, 5) is 14.4. The molecule has 116 valence electrons. The Morgan fingerprint density at radius 1 is 1.23 bits per heavy atom. The van der Waals surface area contributed by atoms with Crippen molar-refractivity contribution in [1.29, 1.82) is 0 Å². The monoisotopic (exact) mass is 299 g/mol. The number of nitrogens with zero attached hydrogens (tertiary/aromatic N) is 2. The van der Waals surface area contributed by atoms with Gasteiger partial charge in [0.05, 0.1) is 12.1 Å². The summed E-state index contributed by atoms with van der Waals surface area (Å²) in [5, 5.41) is 6.72. The van der Waals surface area contributed by atoms with E-state index in [0.717, 1.165) is 18.8 Å². The Kier molecular flexibility index (Phi) is 4.42. The van der Waals surface area contributed by atoms with E-state index in [2.05, 4.69) is 27.5 Å². The topological polar surface area (TPSA) is 58.4 Å². The van der Waals surface area contributed by atoms with Gasteiger partial charge in [-0.15, -0.1) is 0 Å². The van der Waals surface area contributed by atoms with Crippen LogP contribution in [0.15, 0.2) is 34.9 Å². The van der Waals surface area contributed by atoms with Crippen LogP contribution in [-0.4, -0.2) is 24.2 Å². The second-order valence-electron chi connectivity index (χ2n) is 5.75. The van der Waals surface area contributed by atoms with E-state index in [9.17, 15) is 4.79 Å². The van der Waals surface area contributed by atoms with Gasteiger partial charge in [0.1, 0.15) is 5.76 Å². The van der Waals surface area contributed by atoms with Gasteiger partial charge < -0.3 is 14.7 Å². The van der Waals surface area contributed by atoms with Crippen LogP contribution in [0.1, 0.15) is 30.7 Å². The predicted octanol–water partition coefficient (Wildman–Crippen LogP) is 3.15. The molecular formula is C17H21N3O2. The van der Waals surface area contributed by atoms with Gasteiger partial charge in [-0.3, -0.25) is 4.79 Å². The van der Waals surface area contributed by atoms with Crippen molar-refractivity contribution in [3.63, 3.8) is 0 Å². The van der Waals surface area contributed by atoms with E-state index in [4.69, 9.17) is 4.52 Å². The Balaban J connectivity index is 1.57. The number of piperidine rings is 1. The smallest absolute Gasteiger partial charge is 0.230 e. The lowest BCUT2D eigenvalue weighted by molar-refractivity contribution is -0.115. The van der Waals surface area contributed by atoms with Crippen molar-refractivity contribution in [3.05, 3.63) is 41.8 Å². The first-order chi connectivity index (χ1) is 10.7. The Bertz CT molecular complexity index is 628. The zero-order valence-corrected chi connectivity index (χ0v) is 12.8. The molecule has 1 fully saturated rings. The van der Waals surface area contributed by atoms with Gasteiger partial charge in [0.25, 0.3) is 0 Å². The molecular weight excluding hydrogens is 278 g/mol. The third-order valence-electron chi connectivity index (χ3n) is 3.89. The number of amides is 1. The molecule has 1 aromatic heterocycles. The quantitative estimate of drug-likeness (QED) is 0.942. The Morgan fingerprint density at radius 3 is 2.59 bits per heavy atom. The molecule has 1 aromatic carbocycles. The zero-order chi connectivity index (χ0) is 15.4. The molecule has 3 rings (SSSR count). The number of rotatable bonds is 4. The highest BCUT2D eigenvalue weighted by atomic mass is 16.5. The normalized spacial score (nSPS) is 14.9. The number of aryl methyl sites for hydroxylation is 1. The van der Waals surface area contributed by atoms with Crippen LogP contribution < -0.4 is 10.2 Å². The molecule has 5 nitrogen and oxygen atoms in total. The number of carbonyl (C=O) groups is 1.